The molecule has 31 heavy (non-hydrogen) atoms. The number of nitrogens with zero attached hydrogens (tertiary/aromatic N) is 2. The van der Waals surface area contributed by atoms with Gasteiger partial charge in [-0.3, -0.25) is 4.68 Å². The van der Waals surface area contributed by atoms with E-state index in [-0.39, 0.29) is 12.5 Å². The molecule has 0 atom stereocenters. The maximum Gasteiger partial charge on any atom is 0.329 e. The van der Waals surface area contributed by atoms with Crippen LogP contribution in [0, 0.1) is 11.8 Å². The summed E-state index contributed by atoms with van der Waals surface area (Å²) >= 11 is 0. The van der Waals surface area contributed by atoms with Gasteiger partial charge in [0.05, 0.1) is 12.8 Å². The van der Waals surface area contributed by atoms with E-state index < -0.39 is 5.97 Å². The van der Waals surface area contributed by atoms with Crippen molar-refractivity contribution in [2.75, 3.05) is 13.2 Å². The van der Waals surface area contributed by atoms with E-state index in [4.69, 9.17) is 14.9 Å². The molecule has 4 rings (SSSR count). The maximum atomic E-state index is 10.6. The molecule has 1 aromatic heterocycles. The third kappa shape index (κ3) is 5.82. The van der Waals surface area contributed by atoms with Gasteiger partial charge in [0.15, 0.2) is 0 Å². The van der Waals surface area contributed by atoms with Crippen LogP contribution in [0.25, 0.3) is 0 Å². The van der Waals surface area contributed by atoms with Crippen molar-refractivity contribution >= 4 is 5.97 Å². The number of aromatic nitrogens is 2. The molecule has 1 aliphatic carbocycles. The molecule has 162 valence electrons. The van der Waals surface area contributed by atoms with Crippen LogP contribution in [0.2, 0.25) is 0 Å². The van der Waals surface area contributed by atoms with Crippen LogP contribution in [0.15, 0.2) is 73.1 Å². The SMILES string of the molecule is O=C(O)COCC1CCC(Cn2cc(C(c3ccccc3)c3ccccc3)cn2)CC1. The maximum absolute atomic E-state index is 10.6. The summed E-state index contributed by atoms with van der Waals surface area (Å²) in [5.41, 5.74) is 3.76. The summed E-state index contributed by atoms with van der Waals surface area (Å²) in [6.07, 6.45) is 8.67. The minimum Gasteiger partial charge on any atom is -0.480 e. The Bertz CT molecular complexity index is 908. The number of benzene rings is 2. The van der Waals surface area contributed by atoms with E-state index in [1.165, 1.54) is 16.7 Å². The van der Waals surface area contributed by atoms with Crippen molar-refractivity contribution in [3.63, 3.8) is 0 Å². The third-order valence-electron chi connectivity index (χ3n) is 6.24. The quantitative estimate of drug-likeness (QED) is 0.533. The van der Waals surface area contributed by atoms with Crippen LogP contribution >= 0.6 is 0 Å². The number of aliphatic carboxylic acids is 1. The predicted octanol–water partition coefficient (Wildman–Crippen LogP) is 4.97. The van der Waals surface area contributed by atoms with E-state index in [1.54, 1.807) is 0 Å². The highest BCUT2D eigenvalue weighted by molar-refractivity contribution is 5.67. The molecule has 1 fully saturated rings. The summed E-state index contributed by atoms with van der Waals surface area (Å²) in [5, 5.41) is 13.4. The van der Waals surface area contributed by atoms with Gasteiger partial charge >= 0.3 is 5.97 Å². The van der Waals surface area contributed by atoms with Crippen LogP contribution in [0.1, 0.15) is 48.3 Å². The zero-order valence-electron chi connectivity index (χ0n) is 17.8. The smallest absolute Gasteiger partial charge is 0.329 e. The van der Waals surface area contributed by atoms with E-state index in [0.29, 0.717) is 18.4 Å². The zero-order chi connectivity index (χ0) is 21.5. The minimum absolute atomic E-state index is 0.179. The minimum atomic E-state index is -0.896. The second kappa shape index (κ2) is 10.4. The molecule has 0 radical (unpaired) electrons. The van der Waals surface area contributed by atoms with Crippen LogP contribution < -0.4 is 0 Å². The fourth-order valence-electron chi connectivity index (χ4n) is 4.65. The van der Waals surface area contributed by atoms with E-state index in [1.807, 2.05) is 6.20 Å². The molecule has 0 aliphatic heterocycles. The molecule has 5 nitrogen and oxygen atoms in total. The van der Waals surface area contributed by atoms with Crippen molar-refractivity contribution in [2.24, 2.45) is 11.8 Å². The second-order valence-corrected chi connectivity index (χ2v) is 8.55. The van der Waals surface area contributed by atoms with Crippen molar-refractivity contribution in [3.05, 3.63) is 89.7 Å². The number of hydrogen-bond acceptors (Lipinski definition) is 3. The monoisotopic (exact) mass is 418 g/mol. The topological polar surface area (TPSA) is 64.3 Å². The molecule has 2 aromatic carbocycles. The van der Waals surface area contributed by atoms with E-state index >= 15 is 0 Å². The number of hydrogen-bond donors (Lipinski definition) is 1. The summed E-state index contributed by atoms with van der Waals surface area (Å²) in [4.78, 5) is 10.6. The summed E-state index contributed by atoms with van der Waals surface area (Å²) < 4.78 is 7.38. The average Bonchev–Trinajstić information content (AvgIpc) is 3.24. The Hall–Kier alpha value is -2.92. The Morgan fingerprint density at radius 2 is 1.52 bits per heavy atom. The van der Waals surface area contributed by atoms with Crippen LogP contribution in [-0.2, 0) is 16.1 Å². The number of rotatable bonds is 9. The molecule has 0 unspecified atom stereocenters. The number of carbonyl (C=O) groups is 1. The molecule has 3 aromatic rings. The first kappa shape index (κ1) is 21.3. The molecule has 1 aliphatic rings. The van der Waals surface area contributed by atoms with Crippen LogP contribution in [-0.4, -0.2) is 34.1 Å². The first-order valence-electron chi connectivity index (χ1n) is 11.1. The van der Waals surface area contributed by atoms with Gasteiger partial charge in [-0.2, -0.15) is 5.10 Å². The zero-order valence-corrected chi connectivity index (χ0v) is 17.8. The Kier molecular flexibility index (Phi) is 7.15. The Morgan fingerprint density at radius 3 is 2.10 bits per heavy atom. The van der Waals surface area contributed by atoms with Crippen molar-refractivity contribution in [1.29, 1.82) is 0 Å². The van der Waals surface area contributed by atoms with Crippen molar-refractivity contribution in [2.45, 2.75) is 38.1 Å². The molecule has 1 heterocycles. The van der Waals surface area contributed by atoms with Gasteiger partial charge in [0.1, 0.15) is 6.61 Å². The van der Waals surface area contributed by atoms with Crippen LogP contribution in [0.3, 0.4) is 0 Å². The lowest BCUT2D eigenvalue weighted by Crippen LogP contribution is -2.23. The van der Waals surface area contributed by atoms with E-state index in [2.05, 4.69) is 71.5 Å². The normalized spacial score (nSPS) is 18.9. The van der Waals surface area contributed by atoms with Crippen molar-refractivity contribution in [3.8, 4) is 0 Å². The Labute approximate surface area is 183 Å². The molecule has 0 amide bonds. The van der Waals surface area contributed by atoms with Crippen molar-refractivity contribution in [1.82, 2.24) is 9.78 Å². The van der Waals surface area contributed by atoms with Gasteiger partial charge in [-0.25, -0.2) is 4.79 Å². The molecule has 1 saturated carbocycles. The number of ether oxygens (including phenoxy) is 1. The van der Waals surface area contributed by atoms with Gasteiger partial charge in [0, 0.05) is 24.2 Å². The first-order valence-corrected chi connectivity index (χ1v) is 11.1. The Morgan fingerprint density at radius 1 is 0.935 bits per heavy atom. The van der Waals surface area contributed by atoms with Gasteiger partial charge in [-0.15, -0.1) is 0 Å². The molecule has 5 heteroatoms. The molecule has 0 saturated heterocycles. The summed E-state index contributed by atoms with van der Waals surface area (Å²) in [6, 6.07) is 21.2. The fraction of sp³-hybridized carbons (Fsp3) is 0.385. The number of carboxylic acids is 1. The van der Waals surface area contributed by atoms with Crippen molar-refractivity contribution < 1.29 is 14.6 Å². The fourth-order valence-corrected chi connectivity index (χ4v) is 4.65. The standard InChI is InChI=1S/C26H30N2O3/c29-25(30)19-31-18-21-13-11-20(12-14-21)16-28-17-24(15-27-28)26(22-7-3-1-4-8-22)23-9-5-2-6-10-23/h1-10,15,17,20-21,26H,11-14,16,18-19H2,(H,29,30). The molecular weight excluding hydrogens is 388 g/mol. The molecular formula is C26H30N2O3. The largest absolute Gasteiger partial charge is 0.480 e. The van der Waals surface area contributed by atoms with Gasteiger partial charge in [0.25, 0.3) is 0 Å². The lowest BCUT2D eigenvalue weighted by molar-refractivity contribution is -0.142. The third-order valence-corrected chi connectivity index (χ3v) is 6.24. The van der Waals surface area contributed by atoms with Gasteiger partial charge in [-0.05, 0) is 48.6 Å². The summed E-state index contributed by atoms with van der Waals surface area (Å²) in [7, 11) is 0. The first-order chi connectivity index (χ1) is 15.2. The second-order valence-electron chi connectivity index (χ2n) is 8.55. The number of carboxylic acid groups (broad SMARTS) is 1. The lowest BCUT2D eigenvalue weighted by atomic mass is 9.82. The van der Waals surface area contributed by atoms with Gasteiger partial charge in [-0.1, -0.05) is 60.7 Å². The van der Waals surface area contributed by atoms with E-state index in [9.17, 15) is 4.79 Å². The summed E-state index contributed by atoms with van der Waals surface area (Å²) in [5.74, 6) is 0.366. The molecule has 1 N–H and O–H groups in total. The highest BCUT2D eigenvalue weighted by Crippen LogP contribution is 2.33. The van der Waals surface area contributed by atoms with Crippen LogP contribution in [0.5, 0.6) is 0 Å². The average molecular weight is 419 g/mol. The highest BCUT2D eigenvalue weighted by atomic mass is 16.5. The van der Waals surface area contributed by atoms with E-state index in [0.717, 1.165) is 32.2 Å². The highest BCUT2D eigenvalue weighted by Gasteiger charge is 2.23. The molecule has 0 bridgehead atoms. The van der Waals surface area contributed by atoms with Gasteiger partial charge < -0.3 is 9.84 Å². The molecule has 0 spiro atoms. The lowest BCUT2D eigenvalue weighted by Gasteiger charge is -2.28. The van der Waals surface area contributed by atoms with Crippen LogP contribution in [0.4, 0.5) is 0 Å². The Balaban J connectivity index is 1.39. The summed E-state index contributed by atoms with van der Waals surface area (Å²) in [6.45, 7) is 1.29. The van der Waals surface area contributed by atoms with Gasteiger partial charge in [0.2, 0.25) is 0 Å². The predicted molar refractivity (Wildman–Crippen MR) is 120 cm³/mol.